The third-order valence-corrected chi connectivity index (χ3v) is 5.28. The number of hydrogen-bond donors (Lipinski definition) is 1. The number of rotatable bonds is 4. The van der Waals surface area contributed by atoms with Crippen molar-refractivity contribution in [3.63, 3.8) is 0 Å². The molecule has 0 bridgehead atoms. The van der Waals surface area contributed by atoms with Gasteiger partial charge in [0.05, 0.1) is 6.10 Å². The first-order valence-corrected chi connectivity index (χ1v) is 9.52. The molecule has 1 aliphatic heterocycles. The number of ether oxygens (including phenoxy) is 1. The van der Waals surface area contributed by atoms with Crippen LogP contribution in [0.15, 0.2) is 30.6 Å². The fourth-order valence-corrected chi connectivity index (χ4v) is 3.84. The number of fused-ring (bicyclic) bond motifs is 1. The Morgan fingerprint density at radius 3 is 2.58 bits per heavy atom. The van der Waals surface area contributed by atoms with Gasteiger partial charge in [-0.3, -0.25) is 4.79 Å². The molecular formula is C21H25N3O2. The molecule has 1 amide bonds. The summed E-state index contributed by atoms with van der Waals surface area (Å²) in [4.78, 5) is 21.2. The largest absolute Gasteiger partial charge is 0.490 e. The minimum absolute atomic E-state index is 0.0134. The minimum atomic E-state index is -0.0134. The molecule has 1 N–H and O–H groups in total. The second-order valence-electron chi connectivity index (χ2n) is 7.61. The molecule has 2 aromatic rings. The van der Waals surface area contributed by atoms with E-state index in [9.17, 15) is 4.79 Å². The summed E-state index contributed by atoms with van der Waals surface area (Å²) in [6.45, 7) is 4.15. The first kappa shape index (κ1) is 17.0. The van der Waals surface area contributed by atoms with Gasteiger partial charge in [0.25, 0.3) is 0 Å². The molecule has 1 aliphatic carbocycles. The highest BCUT2D eigenvalue weighted by Gasteiger charge is 2.28. The van der Waals surface area contributed by atoms with Crippen molar-refractivity contribution in [1.82, 2.24) is 9.97 Å². The zero-order chi connectivity index (χ0) is 18.1. The van der Waals surface area contributed by atoms with E-state index in [-0.39, 0.29) is 11.8 Å². The van der Waals surface area contributed by atoms with Crippen LogP contribution in [-0.2, 0) is 4.79 Å². The first-order chi connectivity index (χ1) is 12.6. The van der Waals surface area contributed by atoms with Gasteiger partial charge in [0.15, 0.2) is 0 Å². The lowest BCUT2D eigenvalue weighted by Gasteiger charge is -2.26. The Bertz CT molecular complexity index is 795. The van der Waals surface area contributed by atoms with Crippen LogP contribution in [0.2, 0.25) is 0 Å². The number of aromatic nitrogens is 2. The normalized spacial score (nSPS) is 20.1. The highest BCUT2D eigenvalue weighted by molar-refractivity contribution is 5.95. The maximum absolute atomic E-state index is 12.2. The van der Waals surface area contributed by atoms with Crippen LogP contribution in [0.25, 0.3) is 0 Å². The van der Waals surface area contributed by atoms with Gasteiger partial charge in [-0.2, -0.15) is 0 Å². The quantitative estimate of drug-likeness (QED) is 0.887. The van der Waals surface area contributed by atoms with E-state index in [1.54, 1.807) is 0 Å². The molecule has 5 heteroatoms. The van der Waals surface area contributed by atoms with Crippen molar-refractivity contribution < 1.29 is 9.53 Å². The standard InChI is InChI=1S/C21H25N3O2/c1-13(2)21-22-11-14(12-23-21)18-10-20(25)24-19-9-16(7-8-17(18)19)26-15-5-3-4-6-15/h7-9,11-13,15,18H,3-6,10H2,1-2H3,(H,24,25). The summed E-state index contributed by atoms with van der Waals surface area (Å²) in [7, 11) is 0. The van der Waals surface area contributed by atoms with E-state index >= 15 is 0 Å². The van der Waals surface area contributed by atoms with Crippen LogP contribution < -0.4 is 10.1 Å². The van der Waals surface area contributed by atoms with Crippen molar-refractivity contribution in [2.45, 2.75) is 63.9 Å². The summed E-state index contributed by atoms with van der Waals surface area (Å²) in [6.07, 6.45) is 9.15. The van der Waals surface area contributed by atoms with E-state index in [2.05, 4.69) is 35.2 Å². The molecule has 26 heavy (non-hydrogen) atoms. The monoisotopic (exact) mass is 351 g/mol. The molecule has 136 valence electrons. The van der Waals surface area contributed by atoms with Crippen LogP contribution in [0, 0.1) is 0 Å². The summed E-state index contributed by atoms with van der Waals surface area (Å²) in [5.41, 5.74) is 2.92. The zero-order valence-electron chi connectivity index (χ0n) is 15.4. The lowest BCUT2D eigenvalue weighted by atomic mass is 9.86. The summed E-state index contributed by atoms with van der Waals surface area (Å²) >= 11 is 0. The Balaban J connectivity index is 1.61. The number of amides is 1. The van der Waals surface area contributed by atoms with Crippen LogP contribution in [0.4, 0.5) is 5.69 Å². The Morgan fingerprint density at radius 2 is 1.88 bits per heavy atom. The van der Waals surface area contributed by atoms with Gasteiger partial charge in [-0.25, -0.2) is 9.97 Å². The Labute approximate surface area is 154 Å². The summed E-state index contributed by atoms with van der Waals surface area (Å²) in [6, 6.07) is 6.05. The topological polar surface area (TPSA) is 64.1 Å². The number of carbonyl (C=O) groups excluding carboxylic acids is 1. The Hall–Kier alpha value is -2.43. The number of nitrogens with zero attached hydrogens (tertiary/aromatic N) is 2. The van der Waals surface area contributed by atoms with Gasteiger partial charge in [-0.1, -0.05) is 19.9 Å². The second kappa shape index (κ2) is 7.06. The molecule has 1 saturated carbocycles. The van der Waals surface area contributed by atoms with Gasteiger partial charge in [0.1, 0.15) is 11.6 Å². The molecule has 0 saturated heterocycles. The zero-order valence-corrected chi connectivity index (χ0v) is 15.4. The molecule has 2 aliphatic rings. The van der Waals surface area contributed by atoms with E-state index in [0.717, 1.165) is 41.2 Å². The van der Waals surface area contributed by atoms with Gasteiger partial charge < -0.3 is 10.1 Å². The van der Waals surface area contributed by atoms with Crippen LogP contribution in [0.3, 0.4) is 0 Å². The van der Waals surface area contributed by atoms with Crippen LogP contribution >= 0.6 is 0 Å². The average molecular weight is 351 g/mol. The Morgan fingerprint density at radius 1 is 1.15 bits per heavy atom. The molecule has 0 spiro atoms. The van der Waals surface area contributed by atoms with E-state index in [4.69, 9.17) is 4.74 Å². The number of hydrogen-bond acceptors (Lipinski definition) is 4. The van der Waals surface area contributed by atoms with E-state index in [1.165, 1.54) is 12.8 Å². The van der Waals surface area contributed by atoms with Gasteiger partial charge in [-0.05, 0) is 42.9 Å². The van der Waals surface area contributed by atoms with E-state index < -0.39 is 0 Å². The number of anilines is 1. The molecule has 1 unspecified atom stereocenters. The molecule has 1 aromatic heterocycles. The molecule has 5 nitrogen and oxygen atoms in total. The fraction of sp³-hybridized carbons (Fsp3) is 0.476. The maximum atomic E-state index is 12.2. The fourth-order valence-electron chi connectivity index (χ4n) is 3.84. The van der Waals surface area contributed by atoms with Crippen molar-refractivity contribution in [1.29, 1.82) is 0 Å². The van der Waals surface area contributed by atoms with Crippen molar-refractivity contribution >= 4 is 11.6 Å². The van der Waals surface area contributed by atoms with Crippen LogP contribution in [0.1, 0.15) is 74.7 Å². The lowest BCUT2D eigenvalue weighted by Crippen LogP contribution is -2.24. The summed E-state index contributed by atoms with van der Waals surface area (Å²) < 4.78 is 6.08. The maximum Gasteiger partial charge on any atom is 0.225 e. The third kappa shape index (κ3) is 3.43. The lowest BCUT2D eigenvalue weighted by molar-refractivity contribution is -0.116. The van der Waals surface area contributed by atoms with Crippen molar-refractivity contribution in [3.05, 3.63) is 47.5 Å². The van der Waals surface area contributed by atoms with Gasteiger partial charge in [0.2, 0.25) is 5.91 Å². The highest BCUT2D eigenvalue weighted by atomic mass is 16.5. The molecule has 0 radical (unpaired) electrons. The van der Waals surface area contributed by atoms with Gasteiger partial charge in [0, 0.05) is 42.4 Å². The predicted molar refractivity (Wildman–Crippen MR) is 101 cm³/mol. The van der Waals surface area contributed by atoms with Crippen molar-refractivity contribution in [2.24, 2.45) is 0 Å². The second-order valence-corrected chi connectivity index (χ2v) is 7.61. The number of carbonyl (C=O) groups is 1. The van der Waals surface area contributed by atoms with E-state index in [0.29, 0.717) is 18.4 Å². The smallest absolute Gasteiger partial charge is 0.225 e. The third-order valence-electron chi connectivity index (χ3n) is 5.28. The number of nitrogens with one attached hydrogen (secondary N) is 1. The number of benzene rings is 1. The van der Waals surface area contributed by atoms with Crippen molar-refractivity contribution in [2.75, 3.05) is 5.32 Å². The molecule has 1 aromatic carbocycles. The summed E-state index contributed by atoms with van der Waals surface area (Å²) in [5, 5.41) is 2.99. The SMILES string of the molecule is CC(C)c1ncc(C2CC(=O)Nc3cc(OC4CCCC4)ccc32)cn1. The molecule has 2 heterocycles. The first-order valence-electron chi connectivity index (χ1n) is 9.52. The minimum Gasteiger partial charge on any atom is -0.490 e. The van der Waals surface area contributed by atoms with Crippen molar-refractivity contribution in [3.8, 4) is 5.75 Å². The molecule has 4 rings (SSSR count). The highest BCUT2D eigenvalue weighted by Crippen LogP contribution is 2.39. The predicted octanol–water partition coefficient (Wildman–Crippen LogP) is 4.40. The van der Waals surface area contributed by atoms with Gasteiger partial charge >= 0.3 is 0 Å². The summed E-state index contributed by atoms with van der Waals surface area (Å²) in [5.74, 6) is 1.97. The van der Waals surface area contributed by atoms with E-state index in [1.807, 2.05) is 24.5 Å². The van der Waals surface area contributed by atoms with Crippen LogP contribution in [-0.4, -0.2) is 22.0 Å². The average Bonchev–Trinajstić information content (AvgIpc) is 3.14. The molecule has 1 fully saturated rings. The molecular weight excluding hydrogens is 326 g/mol. The Kier molecular flexibility index (Phi) is 4.62. The molecule has 1 atom stereocenters. The van der Waals surface area contributed by atoms with Crippen LogP contribution in [0.5, 0.6) is 5.75 Å². The van der Waals surface area contributed by atoms with Gasteiger partial charge in [-0.15, -0.1) is 0 Å².